The normalized spacial score (nSPS) is 15.9. The molecule has 1 aliphatic heterocycles. The number of esters is 2. The number of cyclic esters (lactones) is 1. The monoisotopic (exact) mass is 294 g/mol. The highest BCUT2D eigenvalue weighted by molar-refractivity contribution is 5.94. The van der Waals surface area contributed by atoms with E-state index in [1.165, 1.54) is 0 Å². The number of ether oxygens (including phenoxy) is 2. The molecule has 4 heteroatoms. The summed E-state index contributed by atoms with van der Waals surface area (Å²) in [5, 5.41) is 0. The van der Waals surface area contributed by atoms with E-state index in [0.717, 1.165) is 11.1 Å². The SMILES string of the molecule is C=C(C)C(=O)Oc1ccc(C2OC(=O)c3ccccc32)cc1. The van der Waals surface area contributed by atoms with Crippen molar-refractivity contribution in [3.05, 3.63) is 77.4 Å². The van der Waals surface area contributed by atoms with Crippen molar-refractivity contribution >= 4 is 11.9 Å². The molecule has 0 spiro atoms. The van der Waals surface area contributed by atoms with Crippen LogP contribution in [0, 0.1) is 0 Å². The molecule has 1 heterocycles. The highest BCUT2D eigenvalue weighted by Gasteiger charge is 2.31. The predicted octanol–water partition coefficient (Wildman–Crippen LogP) is 3.43. The van der Waals surface area contributed by atoms with Gasteiger partial charge in [-0.3, -0.25) is 0 Å². The minimum atomic E-state index is -0.467. The summed E-state index contributed by atoms with van der Waals surface area (Å²) in [6.45, 7) is 5.12. The molecule has 4 nitrogen and oxygen atoms in total. The molecular weight excluding hydrogens is 280 g/mol. The first-order valence-electron chi connectivity index (χ1n) is 6.84. The molecule has 1 atom stereocenters. The van der Waals surface area contributed by atoms with Crippen LogP contribution in [0.25, 0.3) is 0 Å². The van der Waals surface area contributed by atoms with Crippen LogP contribution in [0.4, 0.5) is 0 Å². The van der Waals surface area contributed by atoms with Gasteiger partial charge in [0.2, 0.25) is 0 Å². The van der Waals surface area contributed by atoms with Crippen molar-refractivity contribution in [3.63, 3.8) is 0 Å². The molecule has 22 heavy (non-hydrogen) atoms. The van der Waals surface area contributed by atoms with Gasteiger partial charge in [0.25, 0.3) is 0 Å². The van der Waals surface area contributed by atoms with Gasteiger partial charge in [0.05, 0.1) is 5.56 Å². The Labute approximate surface area is 128 Å². The lowest BCUT2D eigenvalue weighted by Crippen LogP contribution is -2.08. The molecule has 0 fully saturated rings. The van der Waals surface area contributed by atoms with Gasteiger partial charge in [0.15, 0.2) is 6.10 Å². The van der Waals surface area contributed by atoms with Crippen LogP contribution in [-0.4, -0.2) is 11.9 Å². The minimum absolute atomic E-state index is 0.321. The van der Waals surface area contributed by atoms with Crippen LogP contribution in [0.2, 0.25) is 0 Å². The van der Waals surface area contributed by atoms with Crippen LogP contribution in [-0.2, 0) is 9.53 Å². The van der Waals surface area contributed by atoms with Crippen LogP contribution < -0.4 is 4.74 Å². The average Bonchev–Trinajstić information content (AvgIpc) is 2.86. The topological polar surface area (TPSA) is 52.6 Å². The Morgan fingerprint density at radius 2 is 1.82 bits per heavy atom. The lowest BCUT2D eigenvalue weighted by Gasteiger charge is -2.12. The zero-order chi connectivity index (χ0) is 15.7. The van der Waals surface area contributed by atoms with Crippen LogP contribution in [0.15, 0.2) is 60.7 Å². The van der Waals surface area contributed by atoms with E-state index >= 15 is 0 Å². The number of hydrogen-bond donors (Lipinski definition) is 0. The van der Waals surface area contributed by atoms with Crippen molar-refractivity contribution in [2.24, 2.45) is 0 Å². The zero-order valence-corrected chi connectivity index (χ0v) is 12.0. The average molecular weight is 294 g/mol. The number of carbonyl (C=O) groups excluding carboxylic acids is 2. The minimum Gasteiger partial charge on any atom is -0.449 e. The van der Waals surface area contributed by atoms with Crippen molar-refractivity contribution in [2.45, 2.75) is 13.0 Å². The first kappa shape index (κ1) is 14.1. The molecule has 0 radical (unpaired) electrons. The molecule has 0 saturated heterocycles. The number of fused-ring (bicyclic) bond motifs is 1. The maximum absolute atomic E-state index is 11.8. The second kappa shape index (κ2) is 5.48. The van der Waals surface area contributed by atoms with Crippen LogP contribution in [0.3, 0.4) is 0 Å². The van der Waals surface area contributed by atoms with E-state index in [1.807, 2.05) is 18.2 Å². The smallest absolute Gasteiger partial charge is 0.339 e. The standard InChI is InChI=1S/C18H14O4/c1-11(2)17(19)21-13-9-7-12(8-10-13)16-14-5-3-4-6-15(14)18(20)22-16/h3-10,16H,1H2,2H3. The maximum Gasteiger partial charge on any atom is 0.339 e. The summed E-state index contributed by atoms with van der Waals surface area (Å²) in [6.07, 6.45) is -0.422. The molecule has 0 amide bonds. The van der Waals surface area contributed by atoms with E-state index < -0.39 is 12.1 Å². The molecular formula is C18H14O4. The van der Waals surface area contributed by atoms with E-state index in [0.29, 0.717) is 16.9 Å². The van der Waals surface area contributed by atoms with E-state index in [9.17, 15) is 9.59 Å². The summed E-state index contributed by atoms with van der Waals surface area (Å²) in [7, 11) is 0. The molecule has 0 aliphatic carbocycles. The second-order valence-corrected chi connectivity index (χ2v) is 5.11. The lowest BCUT2D eigenvalue weighted by atomic mass is 9.99. The van der Waals surface area contributed by atoms with Gasteiger partial charge >= 0.3 is 11.9 Å². The molecule has 0 aromatic heterocycles. The van der Waals surface area contributed by atoms with E-state index in [2.05, 4.69) is 6.58 Å². The molecule has 0 saturated carbocycles. The molecule has 3 rings (SSSR count). The zero-order valence-electron chi connectivity index (χ0n) is 12.0. The van der Waals surface area contributed by atoms with Gasteiger partial charge in [-0.1, -0.05) is 36.9 Å². The van der Waals surface area contributed by atoms with Gasteiger partial charge in [0.1, 0.15) is 5.75 Å². The Morgan fingerprint density at radius 3 is 2.50 bits per heavy atom. The highest BCUT2D eigenvalue weighted by Crippen LogP contribution is 2.36. The van der Waals surface area contributed by atoms with Crippen molar-refractivity contribution < 1.29 is 19.1 Å². The van der Waals surface area contributed by atoms with E-state index in [1.54, 1.807) is 37.3 Å². The number of carbonyl (C=O) groups is 2. The summed E-state index contributed by atoms with van der Waals surface area (Å²) in [5.41, 5.74) is 2.60. The molecule has 1 aliphatic rings. The van der Waals surface area contributed by atoms with Gasteiger partial charge in [0, 0.05) is 11.1 Å². The fourth-order valence-electron chi connectivity index (χ4n) is 2.30. The first-order chi connectivity index (χ1) is 10.6. The van der Waals surface area contributed by atoms with Gasteiger partial charge in [-0.2, -0.15) is 0 Å². The van der Waals surface area contributed by atoms with Crippen LogP contribution in [0.5, 0.6) is 5.75 Å². The Kier molecular flexibility index (Phi) is 3.51. The number of rotatable bonds is 3. The van der Waals surface area contributed by atoms with Crippen molar-refractivity contribution in [1.82, 2.24) is 0 Å². The summed E-state index contributed by atoms with van der Waals surface area (Å²) in [5.74, 6) is -0.363. The first-order valence-corrected chi connectivity index (χ1v) is 6.84. The van der Waals surface area contributed by atoms with Gasteiger partial charge in [-0.15, -0.1) is 0 Å². The maximum atomic E-state index is 11.8. The van der Waals surface area contributed by atoms with Crippen LogP contribution >= 0.6 is 0 Å². The third kappa shape index (κ3) is 2.51. The van der Waals surface area contributed by atoms with Crippen molar-refractivity contribution in [3.8, 4) is 5.75 Å². The molecule has 2 aromatic rings. The fourth-order valence-corrected chi connectivity index (χ4v) is 2.30. The summed E-state index contributed by atoms with van der Waals surface area (Å²) in [6, 6.07) is 14.2. The molecule has 0 bridgehead atoms. The van der Waals surface area contributed by atoms with Crippen molar-refractivity contribution in [2.75, 3.05) is 0 Å². The van der Waals surface area contributed by atoms with Gasteiger partial charge in [-0.25, -0.2) is 9.59 Å². The second-order valence-electron chi connectivity index (χ2n) is 5.11. The lowest BCUT2D eigenvalue weighted by molar-refractivity contribution is -0.130. The summed E-state index contributed by atoms with van der Waals surface area (Å²) >= 11 is 0. The molecule has 2 aromatic carbocycles. The van der Waals surface area contributed by atoms with Crippen molar-refractivity contribution in [1.29, 1.82) is 0 Å². The largest absolute Gasteiger partial charge is 0.449 e. The van der Waals surface area contributed by atoms with E-state index in [4.69, 9.17) is 9.47 Å². The molecule has 110 valence electrons. The van der Waals surface area contributed by atoms with Crippen LogP contribution in [0.1, 0.15) is 34.5 Å². The summed E-state index contributed by atoms with van der Waals surface area (Å²) in [4.78, 5) is 23.3. The van der Waals surface area contributed by atoms with Gasteiger partial charge < -0.3 is 9.47 Å². The summed E-state index contributed by atoms with van der Waals surface area (Å²) < 4.78 is 10.6. The fraction of sp³-hybridized carbons (Fsp3) is 0.111. The Morgan fingerprint density at radius 1 is 1.14 bits per heavy atom. The predicted molar refractivity (Wildman–Crippen MR) is 80.6 cm³/mol. The quantitative estimate of drug-likeness (QED) is 0.494. The van der Waals surface area contributed by atoms with Gasteiger partial charge in [-0.05, 0) is 30.7 Å². The Bertz CT molecular complexity index is 759. The third-order valence-corrected chi connectivity index (χ3v) is 3.43. The molecule has 1 unspecified atom stereocenters. The third-order valence-electron chi connectivity index (χ3n) is 3.43. The van der Waals surface area contributed by atoms with E-state index in [-0.39, 0.29) is 5.97 Å². The Balaban J connectivity index is 1.84. The number of hydrogen-bond acceptors (Lipinski definition) is 4. The molecule has 0 N–H and O–H groups in total. The Hall–Kier alpha value is -2.88. The highest BCUT2D eigenvalue weighted by atomic mass is 16.5. The number of benzene rings is 2.